The third-order valence-electron chi connectivity index (χ3n) is 5.92. The van der Waals surface area contributed by atoms with Gasteiger partial charge in [0.2, 0.25) is 0 Å². The van der Waals surface area contributed by atoms with Gasteiger partial charge in [-0.1, -0.05) is 35.6 Å². The highest BCUT2D eigenvalue weighted by atomic mass is 32.1. The smallest absolute Gasteiger partial charge is 0.338 e. The standard InChI is InChI=1S/C28H20FN3O4S/c1-3-35-27(34)24-16(2)31-28-32(25(24)17-8-10-19(29)11-9-17)26(33)23(37-28)14-20-12-13-22(36-20)21-7-5-4-6-18(21)15-30/h4-14,25H,3H2,1-2H3/b23-14-. The molecule has 7 nitrogen and oxygen atoms in total. The fourth-order valence-electron chi connectivity index (χ4n) is 4.25. The summed E-state index contributed by atoms with van der Waals surface area (Å²) in [7, 11) is 0. The fourth-order valence-corrected chi connectivity index (χ4v) is 5.28. The normalized spacial score (nSPS) is 15.2. The van der Waals surface area contributed by atoms with Gasteiger partial charge in [0, 0.05) is 11.6 Å². The van der Waals surface area contributed by atoms with E-state index in [2.05, 4.69) is 11.1 Å². The predicted octanol–water partition coefficient (Wildman–Crippen LogP) is 4.07. The van der Waals surface area contributed by atoms with Gasteiger partial charge in [0.05, 0.1) is 40.1 Å². The van der Waals surface area contributed by atoms with E-state index in [9.17, 15) is 19.2 Å². The minimum absolute atomic E-state index is 0.159. The van der Waals surface area contributed by atoms with Crippen LogP contribution in [0, 0.1) is 17.1 Å². The summed E-state index contributed by atoms with van der Waals surface area (Å²) in [6.07, 6.45) is 1.60. The van der Waals surface area contributed by atoms with Crippen LogP contribution in [-0.2, 0) is 9.53 Å². The van der Waals surface area contributed by atoms with Crippen LogP contribution < -0.4 is 14.9 Å². The lowest BCUT2D eigenvalue weighted by atomic mass is 9.96. The van der Waals surface area contributed by atoms with Gasteiger partial charge in [-0.3, -0.25) is 9.36 Å². The van der Waals surface area contributed by atoms with Crippen molar-refractivity contribution in [3.63, 3.8) is 0 Å². The third-order valence-corrected chi connectivity index (χ3v) is 6.90. The lowest BCUT2D eigenvalue weighted by Crippen LogP contribution is -2.39. The molecule has 184 valence electrons. The van der Waals surface area contributed by atoms with Crippen LogP contribution in [0.15, 0.2) is 86.1 Å². The van der Waals surface area contributed by atoms with E-state index in [1.54, 1.807) is 62.4 Å². The molecule has 9 heteroatoms. The number of allylic oxidation sites excluding steroid dienone is 1. The molecule has 3 heterocycles. The molecule has 0 bridgehead atoms. The van der Waals surface area contributed by atoms with Gasteiger partial charge in [-0.25, -0.2) is 14.2 Å². The third kappa shape index (κ3) is 4.43. The average Bonchev–Trinajstić information content (AvgIpc) is 3.48. The van der Waals surface area contributed by atoms with Gasteiger partial charge in [0.25, 0.3) is 5.56 Å². The molecule has 1 atom stereocenters. The van der Waals surface area contributed by atoms with Gasteiger partial charge in [0.1, 0.15) is 17.3 Å². The molecule has 0 fully saturated rings. The first kappa shape index (κ1) is 24.2. The maximum atomic E-state index is 13.7. The summed E-state index contributed by atoms with van der Waals surface area (Å²) in [4.78, 5) is 31.4. The number of ether oxygens (including phenoxy) is 1. The van der Waals surface area contributed by atoms with Gasteiger partial charge >= 0.3 is 5.97 Å². The van der Waals surface area contributed by atoms with Crippen molar-refractivity contribution in [1.82, 2.24) is 4.57 Å². The van der Waals surface area contributed by atoms with Gasteiger partial charge in [0.15, 0.2) is 4.80 Å². The number of benzene rings is 2. The summed E-state index contributed by atoms with van der Waals surface area (Å²) in [6, 6.07) is 17.5. The maximum Gasteiger partial charge on any atom is 0.338 e. The average molecular weight is 514 g/mol. The molecule has 2 aromatic carbocycles. The van der Waals surface area contributed by atoms with Crippen molar-refractivity contribution in [2.75, 3.05) is 6.61 Å². The highest BCUT2D eigenvalue weighted by Crippen LogP contribution is 2.31. The molecule has 0 radical (unpaired) electrons. The minimum Gasteiger partial charge on any atom is -0.463 e. The second-order valence-electron chi connectivity index (χ2n) is 8.21. The van der Waals surface area contributed by atoms with E-state index in [1.807, 2.05) is 6.07 Å². The Morgan fingerprint density at radius 3 is 2.70 bits per heavy atom. The molecular formula is C28H20FN3O4S. The molecule has 37 heavy (non-hydrogen) atoms. The fraction of sp³-hybridized carbons (Fsp3) is 0.143. The Labute approximate surface area is 214 Å². The number of hydrogen-bond acceptors (Lipinski definition) is 7. The second-order valence-corrected chi connectivity index (χ2v) is 9.22. The minimum atomic E-state index is -0.826. The number of hydrogen-bond donors (Lipinski definition) is 0. The molecule has 0 amide bonds. The lowest BCUT2D eigenvalue weighted by molar-refractivity contribution is -0.139. The van der Waals surface area contributed by atoms with Crippen LogP contribution in [0.4, 0.5) is 4.39 Å². The number of furan rings is 1. The molecule has 1 unspecified atom stereocenters. The summed E-state index contributed by atoms with van der Waals surface area (Å²) in [5.41, 5.74) is 1.96. The number of carbonyl (C=O) groups is 1. The summed E-state index contributed by atoms with van der Waals surface area (Å²) in [5.74, 6) is -0.0891. The zero-order valence-electron chi connectivity index (χ0n) is 19.9. The van der Waals surface area contributed by atoms with E-state index in [-0.39, 0.29) is 17.7 Å². The molecule has 1 aliphatic rings. The SMILES string of the molecule is CCOC(=O)C1=C(C)N=c2s/c(=C\c3ccc(-c4ccccc4C#N)o3)c(=O)n2C1c1ccc(F)cc1. The maximum absolute atomic E-state index is 13.7. The Bertz CT molecular complexity index is 1770. The van der Waals surface area contributed by atoms with E-state index in [0.717, 1.165) is 11.3 Å². The largest absolute Gasteiger partial charge is 0.463 e. The number of rotatable bonds is 5. The molecule has 5 rings (SSSR count). The molecule has 0 spiro atoms. The molecule has 0 saturated heterocycles. The number of halogens is 1. The highest BCUT2D eigenvalue weighted by molar-refractivity contribution is 7.07. The van der Waals surface area contributed by atoms with Crippen molar-refractivity contribution in [2.24, 2.45) is 4.99 Å². The van der Waals surface area contributed by atoms with Crippen molar-refractivity contribution in [3.8, 4) is 17.4 Å². The van der Waals surface area contributed by atoms with Crippen LogP contribution in [0.2, 0.25) is 0 Å². The Hall–Kier alpha value is -4.55. The monoisotopic (exact) mass is 513 g/mol. The zero-order chi connectivity index (χ0) is 26.1. The Balaban J connectivity index is 1.64. The number of esters is 1. The van der Waals surface area contributed by atoms with Gasteiger partial charge in [-0.15, -0.1) is 0 Å². The second kappa shape index (κ2) is 9.84. The van der Waals surface area contributed by atoms with Crippen molar-refractivity contribution in [1.29, 1.82) is 5.26 Å². The number of thiazole rings is 1. The Morgan fingerprint density at radius 2 is 1.97 bits per heavy atom. The van der Waals surface area contributed by atoms with Crippen LogP contribution >= 0.6 is 11.3 Å². The number of carbonyl (C=O) groups excluding carboxylic acids is 1. The zero-order valence-corrected chi connectivity index (χ0v) is 20.7. The van der Waals surface area contributed by atoms with Gasteiger partial charge in [-0.05, 0) is 55.8 Å². The van der Waals surface area contributed by atoms with Crippen LogP contribution in [0.5, 0.6) is 0 Å². The van der Waals surface area contributed by atoms with Crippen molar-refractivity contribution in [2.45, 2.75) is 19.9 Å². The number of nitriles is 1. The van der Waals surface area contributed by atoms with Crippen LogP contribution in [0.25, 0.3) is 17.4 Å². The first-order valence-electron chi connectivity index (χ1n) is 11.5. The van der Waals surface area contributed by atoms with Crippen molar-refractivity contribution < 1.29 is 18.3 Å². The van der Waals surface area contributed by atoms with E-state index in [4.69, 9.17) is 9.15 Å². The Kier molecular flexibility index (Phi) is 6.42. The summed E-state index contributed by atoms with van der Waals surface area (Å²) >= 11 is 1.16. The van der Waals surface area contributed by atoms with E-state index in [1.165, 1.54) is 16.7 Å². The molecule has 2 aromatic heterocycles. The van der Waals surface area contributed by atoms with E-state index in [0.29, 0.717) is 43.2 Å². The first-order chi connectivity index (χ1) is 17.9. The van der Waals surface area contributed by atoms with Gasteiger partial charge < -0.3 is 9.15 Å². The molecule has 0 saturated carbocycles. The topological polar surface area (TPSA) is 97.6 Å². The van der Waals surface area contributed by atoms with Crippen molar-refractivity contribution in [3.05, 3.63) is 114 Å². The molecule has 0 N–H and O–H groups in total. The van der Waals surface area contributed by atoms with Gasteiger partial charge in [-0.2, -0.15) is 5.26 Å². The molecule has 0 aliphatic carbocycles. The van der Waals surface area contributed by atoms with Crippen LogP contribution in [0.1, 0.15) is 36.8 Å². The lowest BCUT2D eigenvalue weighted by Gasteiger charge is -2.24. The highest BCUT2D eigenvalue weighted by Gasteiger charge is 2.33. The van der Waals surface area contributed by atoms with Crippen molar-refractivity contribution >= 4 is 23.4 Å². The quantitative estimate of drug-likeness (QED) is 0.375. The van der Waals surface area contributed by atoms with Crippen LogP contribution in [0.3, 0.4) is 0 Å². The van der Waals surface area contributed by atoms with E-state index < -0.39 is 17.8 Å². The predicted molar refractivity (Wildman–Crippen MR) is 136 cm³/mol. The summed E-state index contributed by atoms with van der Waals surface area (Å²) in [5, 5.41) is 9.39. The summed E-state index contributed by atoms with van der Waals surface area (Å²) < 4.78 is 26.6. The number of fused-ring (bicyclic) bond motifs is 1. The molecule has 1 aliphatic heterocycles. The first-order valence-corrected chi connectivity index (χ1v) is 12.3. The van der Waals surface area contributed by atoms with Crippen LogP contribution in [-0.4, -0.2) is 17.1 Å². The number of aromatic nitrogens is 1. The molecule has 4 aromatic rings. The summed E-state index contributed by atoms with van der Waals surface area (Å²) in [6.45, 7) is 3.54. The van der Waals surface area contributed by atoms with E-state index >= 15 is 0 Å². The number of nitrogens with zero attached hydrogens (tertiary/aromatic N) is 3. The molecular weight excluding hydrogens is 493 g/mol. The Morgan fingerprint density at radius 1 is 1.22 bits per heavy atom.